The second-order valence-corrected chi connectivity index (χ2v) is 7.83. The van der Waals surface area contributed by atoms with Crippen LogP contribution in [0.5, 0.6) is 0 Å². The Balaban J connectivity index is 1.79. The summed E-state index contributed by atoms with van der Waals surface area (Å²) in [4.78, 5) is 12.7. The van der Waals surface area contributed by atoms with Crippen molar-refractivity contribution >= 4 is 15.7 Å². The first-order valence-corrected chi connectivity index (χ1v) is 9.06. The number of carbonyl (C=O) groups excluding carboxylic acids is 1. The van der Waals surface area contributed by atoms with Crippen LogP contribution in [0.3, 0.4) is 0 Å². The van der Waals surface area contributed by atoms with Gasteiger partial charge in [0.05, 0.1) is 22.6 Å². The van der Waals surface area contributed by atoms with Crippen LogP contribution in [0.15, 0.2) is 29.2 Å². The van der Waals surface area contributed by atoms with Crippen molar-refractivity contribution in [3.8, 4) is 0 Å². The zero-order valence-corrected chi connectivity index (χ0v) is 12.7. The summed E-state index contributed by atoms with van der Waals surface area (Å²) in [6, 6.07) is 6.78. The molecule has 0 aromatic heterocycles. The molecule has 5 nitrogen and oxygen atoms in total. The molecule has 2 N–H and O–H groups in total. The van der Waals surface area contributed by atoms with Gasteiger partial charge in [-0.3, -0.25) is 4.79 Å². The van der Waals surface area contributed by atoms with E-state index in [0.29, 0.717) is 17.9 Å². The molecule has 2 heterocycles. The fraction of sp³-hybridized carbons (Fsp3) is 0.533. The van der Waals surface area contributed by atoms with Crippen LogP contribution in [0.1, 0.15) is 30.9 Å². The lowest BCUT2D eigenvalue weighted by atomic mass is 9.97. The fourth-order valence-corrected chi connectivity index (χ4v) is 4.73. The molecule has 2 aliphatic heterocycles. The molecule has 21 heavy (non-hydrogen) atoms. The highest BCUT2D eigenvalue weighted by atomic mass is 32.2. The van der Waals surface area contributed by atoms with E-state index in [1.54, 1.807) is 18.2 Å². The highest BCUT2D eigenvalue weighted by Gasteiger charge is 2.32. The van der Waals surface area contributed by atoms with Gasteiger partial charge in [-0.25, -0.2) is 8.42 Å². The Bertz CT molecular complexity index is 636. The number of rotatable bonds is 2. The van der Waals surface area contributed by atoms with Crippen LogP contribution >= 0.6 is 0 Å². The van der Waals surface area contributed by atoms with E-state index < -0.39 is 9.84 Å². The Morgan fingerprint density at radius 2 is 2.05 bits per heavy atom. The van der Waals surface area contributed by atoms with E-state index in [1.807, 2.05) is 6.07 Å². The Morgan fingerprint density at radius 1 is 1.24 bits per heavy atom. The highest BCUT2D eigenvalue weighted by Crippen LogP contribution is 2.32. The predicted molar refractivity (Wildman–Crippen MR) is 79.6 cm³/mol. The molecule has 1 fully saturated rings. The zero-order chi connectivity index (χ0) is 14.9. The maximum Gasteiger partial charge on any atom is 0.224 e. The third-order valence-electron chi connectivity index (χ3n) is 4.29. The van der Waals surface area contributed by atoms with Gasteiger partial charge in [0.2, 0.25) is 5.91 Å². The number of benzene rings is 1. The molecule has 0 saturated carbocycles. The van der Waals surface area contributed by atoms with E-state index >= 15 is 0 Å². The number of carbonyl (C=O) groups is 1. The molecule has 0 bridgehead atoms. The van der Waals surface area contributed by atoms with Crippen LogP contribution in [-0.2, 0) is 14.6 Å². The molecule has 1 saturated heterocycles. The van der Waals surface area contributed by atoms with Crippen molar-refractivity contribution in [3.05, 3.63) is 29.8 Å². The minimum absolute atomic E-state index is 0.00977. The van der Waals surface area contributed by atoms with Gasteiger partial charge in [0.25, 0.3) is 0 Å². The molecule has 1 aromatic carbocycles. The molecular formula is C15H20N2O3S. The van der Waals surface area contributed by atoms with Crippen molar-refractivity contribution in [1.29, 1.82) is 0 Å². The van der Waals surface area contributed by atoms with Gasteiger partial charge in [-0.1, -0.05) is 18.2 Å². The van der Waals surface area contributed by atoms with Crippen LogP contribution in [0, 0.1) is 5.92 Å². The standard InChI is InChI=1S/C15H20N2O3S/c18-15(11-4-3-8-16-10-11)17-13-7-9-21(19,20)14-6-2-1-5-12(13)14/h1-2,5-6,11,13,16H,3-4,7-10H2,(H,17,18). The van der Waals surface area contributed by atoms with Crippen LogP contribution in [-0.4, -0.2) is 33.2 Å². The first kappa shape index (κ1) is 14.5. The lowest BCUT2D eigenvalue weighted by Gasteiger charge is -2.29. The third kappa shape index (κ3) is 2.96. The van der Waals surface area contributed by atoms with Crippen molar-refractivity contribution in [1.82, 2.24) is 10.6 Å². The Kier molecular flexibility index (Phi) is 3.99. The van der Waals surface area contributed by atoms with Gasteiger partial charge >= 0.3 is 0 Å². The molecule has 0 spiro atoms. The van der Waals surface area contributed by atoms with Crippen LogP contribution in [0.4, 0.5) is 0 Å². The van der Waals surface area contributed by atoms with Crippen LogP contribution in [0.25, 0.3) is 0 Å². The number of nitrogens with one attached hydrogen (secondary N) is 2. The summed E-state index contributed by atoms with van der Waals surface area (Å²) in [5.41, 5.74) is 0.723. The van der Waals surface area contributed by atoms with Crippen molar-refractivity contribution in [2.24, 2.45) is 5.92 Å². The van der Waals surface area contributed by atoms with Gasteiger partial charge in [-0.05, 0) is 37.4 Å². The van der Waals surface area contributed by atoms with E-state index in [0.717, 1.165) is 24.9 Å². The number of sulfone groups is 1. The minimum atomic E-state index is -3.20. The summed E-state index contributed by atoms with van der Waals surface area (Å²) in [6.07, 6.45) is 2.35. The fourth-order valence-electron chi connectivity index (χ4n) is 3.11. The largest absolute Gasteiger partial charge is 0.349 e. The van der Waals surface area contributed by atoms with Crippen molar-refractivity contribution in [3.63, 3.8) is 0 Å². The summed E-state index contributed by atoms with van der Waals surface area (Å²) in [7, 11) is -3.20. The van der Waals surface area contributed by atoms with Crippen LogP contribution < -0.4 is 10.6 Å². The van der Waals surface area contributed by atoms with Gasteiger partial charge in [0, 0.05) is 6.54 Å². The molecule has 1 amide bonds. The van der Waals surface area contributed by atoms with Gasteiger partial charge < -0.3 is 10.6 Å². The summed E-state index contributed by atoms with van der Waals surface area (Å²) < 4.78 is 24.2. The van der Waals surface area contributed by atoms with Crippen molar-refractivity contribution < 1.29 is 13.2 Å². The van der Waals surface area contributed by atoms with Crippen molar-refractivity contribution in [2.75, 3.05) is 18.8 Å². The van der Waals surface area contributed by atoms with E-state index in [2.05, 4.69) is 10.6 Å². The van der Waals surface area contributed by atoms with Gasteiger partial charge in [-0.2, -0.15) is 0 Å². The molecule has 2 unspecified atom stereocenters. The summed E-state index contributed by atoms with van der Waals surface area (Å²) in [5, 5.41) is 6.27. The smallest absolute Gasteiger partial charge is 0.224 e. The average Bonchev–Trinajstić information content (AvgIpc) is 2.51. The molecular weight excluding hydrogens is 288 g/mol. The first-order valence-electron chi connectivity index (χ1n) is 7.41. The quantitative estimate of drug-likeness (QED) is 0.855. The molecule has 1 aromatic rings. The molecule has 0 radical (unpaired) electrons. The normalized spacial score (nSPS) is 27.6. The maximum atomic E-state index is 12.3. The lowest BCUT2D eigenvalue weighted by Crippen LogP contribution is -2.43. The summed E-state index contributed by atoms with van der Waals surface area (Å²) in [6.45, 7) is 1.67. The molecule has 2 atom stereocenters. The van der Waals surface area contributed by atoms with Crippen LogP contribution in [0.2, 0.25) is 0 Å². The number of amides is 1. The number of fused-ring (bicyclic) bond motifs is 1. The predicted octanol–water partition coefficient (Wildman–Crippen LogP) is 1.02. The highest BCUT2D eigenvalue weighted by molar-refractivity contribution is 7.91. The molecule has 114 valence electrons. The summed E-state index contributed by atoms with van der Waals surface area (Å²) in [5.74, 6) is 0.114. The third-order valence-corrected chi connectivity index (χ3v) is 6.10. The Labute approximate surface area is 125 Å². The van der Waals surface area contributed by atoms with Gasteiger partial charge in [-0.15, -0.1) is 0 Å². The Morgan fingerprint density at radius 3 is 2.81 bits per heavy atom. The SMILES string of the molecule is O=C(NC1CCS(=O)(=O)c2ccccc21)C1CCCNC1. The average molecular weight is 308 g/mol. The monoisotopic (exact) mass is 308 g/mol. The summed E-state index contributed by atoms with van der Waals surface area (Å²) >= 11 is 0. The molecule has 3 rings (SSSR count). The lowest BCUT2D eigenvalue weighted by molar-refractivity contribution is -0.126. The molecule has 6 heteroatoms. The molecule has 0 aliphatic carbocycles. The second kappa shape index (κ2) is 5.77. The second-order valence-electron chi connectivity index (χ2n) is 5.75. The number of piperidine rings is 1. The molecule has 2 aliphatic rings. The van der Waals surface area contributed by atoms with E-state index in [4.69, 9.17) is 0 Å². The van der Waals surface area contributed by atoms with E-state index in [9.17, 15) is 13.2 Å². The first-order chi connectivity index (χ1) is 10.1. The zero-order valence-electron chi connectivity index (χ0n) is 11.8. The maximum absolute atomic E-state index is 12.3. The van der Waals surface area contributed by atoms with Crippen molar-refractivity contribution in [2.45, 2.75) is 30.2 Å². The van der Waals surface area contributed by atoms with E-state index in [1.165, 1.54) is 0 Å². The van der Waals surface area contributed by atoms with Gasteiger partial charge in [0.15, 0.2) is 9.84 Å². The minimum Gasteiger partial charge on any atom is -0.349 e. The Hall–Kier alpha value is -1.40. The van der Waals surface area contributed by atoms with Gasteiger partial charge in [0.1, 0.15) is 0 Å². The van der Waals surface area contributed by atoms with E-state index in [-0.39, 0.29) is 23.6 Å². The number of hydrogen-bond donors (Lipinski definition) is 2. The number of hydrogen-bond acceptors (Lipinski definition) is 4. The topological polar surface area (TPSA) is 75.3 Å².